The first-order valence-electron chi connectivity index (χ1n) is 8.69. The summed E-state index contributed by atoms with van der Waals surface area (Å²) in [5.41, 5.74) is 1.49. The first-order valence-corrected chi connectivity index (χ1v) is 9.92. The number of benzene rings is 1. The van der Waals surface area contributed by atoms with Crippen molar-refractivity contribution in [2.75, 3.05) is 12.8 Å². The van der Waals surface area contributed by atoms with E-state index in [0.29, 0.717) is 6.04 Å². The van der Waals surface area contributed by atoms with Crippen molar-refractivity contribution in [2.24, 2.45) is 0 Å². The van der Waals surface area contributed by atoms with Crippen molar-refractivity contribution < 1.29 is 0 Å². The van der Waals surface area contributed by atoms with Gasteiger partial charge in [0.15, 0.2) is 0 Å². The average molecular weight is 308 g/mol. The number of nitrogens with one attached hydrogen (secondary N) is 1. The van der Waals surface area contributed by atoms with Crippen molar-refractivity contribution in [3.63, 3.8) is 0 Å². The Balaban J connectivity index is 2.51. The van der Waals surface area contributed by atoms with Crippen LogP contribution < -0.4 is 5.32 Å². The molecule has 0 aliphatic heterocycles. The molecule has 0 saturated carbocycles. The van der Waals surface area contributed by atoms with E-state index in [1.54, 1.807) is 0 Å². The lowest BCUT2D eigenvalue weighted by Gasteiger charge is -2.21. The van der Waals surface area contributed by atoms with Crippen LogP contribution in [0.25, 0.3) is 0 Å². The average Bonchev–Trinajstić information content (AvgIpc) is 2.53. The van der Waals surface area contributed by atoms with Crippen molar-refractivity contribution >= 4 is 11.8 Å². The largest absolute Gasteiger partial charge is 0.310 e. The molecule has 0 saturated heterocycles. The van der Waals surface area contributed by atoms with Crippen LogP contribution in [0.2, 0.25) is 0 Å². The fraction of sp³-hybridized carbons (Fsp3) is 0.684. The highest BCUT2D eigenvalue weighted by atomic mass is 32.2. The number of hydrogen-bond acceptors (Lipinski definition) is 2. The number of rotatable bonds is 12. The molecule has 1 aromatic carbocycles. The molecule has 0 spiro atoms. The van der Waals surface area contributed by atoms with E-state index < -0.39 is 0 Å². The molecule has 0 aliphatic carbocycles. The van der Waals surface area contributed by atoms with Crippen LogP contribution >= 0.6 is 11.8 Å². The maximum absolute atomic E-state index is 3.75. The van der Waals surface area contributed by atoms with Gasteiger partial charge >= 0.3 is 0 Å². The predicted molar refractivity (Wildman–Crippen MR) is 97.3 cm³/mol. The van der Waals surface area contributed by atoms with Crippen LogP contribution in [0.1, 0.15) is 76.8 Å². The topological polar surface area (TPSA) is 12.0 Å². The van der Waals surface area contributed by atoms with E-state index in [0.717, 1.165) is 6.54 Å². The van der Waals surface area contributed by atoms with Gasteiger partial charge in [0.1, 0.15) is 0 Å². The van der Waals surface area contributed by atoms with Crippen LogP contribution in [0.15, 0.2) is 29.2 Å². The number of unbranched alkanes of at least 4 members (excludes halogenated alkanes) is 5. The van der Waals surface area contributed by atoms with Gasteiger partial charge in [-0.3, -0.25) is 0 Å². The Morgan fingerprint density at radius 1 is 0.952 bits per heavy atom. The molecule has 2 heteroatoms. The molecule has 1 N–H and O–H groups in total. The lowest BCUT2D eigenvalue weighted by molar-refractivity contribution is 0.462. The molecule has 0 bridgehead atoms. The summed E-state index contributed by atoms with van der Waals surface area (Å²) in [6.07, 6.45) is 12.9. The molecule has 0 aliphatic rings. The highest BCUT2D eigenvalue weighted by Gasteiger charge is 2.13. The van der Waals surface area contributed by atoms with E-state index in [1.165, 1.54) is 61.8 Å². The molecule has 1 nitrogen and oxygen atoms in total. The third kappa shape index (κ3) is 7.37. The van der Waals surface area contributed by atoms with Crippen LogP contribution in [0.5, 0.6) is 0 Å². The van der Waals surface area contributed by atoms with Crippen molar-refractivity contribution in [2.45, 2.75) is 76.2 Å². The van der Waals surface area contributed by atoms with E-state index in [9.17, 15) is 0 Å². The van der Waals surface area contributed by atoms with Gasteiger partial charge in [-0.15, -0.1) is 11.8 Å². The fourth-order valence-electron chi connectivity index (χ4n) is 2.77. The maximum Gasteiger partial charge on any atom is 0.0331 e. The zero-order valence-electron chi connectivity index (χ0n) is 14.2. The minimum Gasteiger partial charge on any atom is -0.310 e. The molecule has 120 valence electrons. The summed E-state index contributed by atoms with van der Waals surface area (Å²) in [6, 6.07) is 9.41. The Kier molecular flexibility index (Phi) is 10.7. The van der Waals surface area contributed by atoms with Crippen molar-refractivity contribution in [1.29, 1.82) is 0 Å². The predicted octanol–water partition coefficient (Wildman–Crippen LogP) is 6.20. The Morgan fingerprint density at radius 3 is 2.38 bits per heavy atom. The Morgan fingerprint density at radius 2 is 1.67 bits per heavy atom. The Bertz CT molecular complexity index is 364. The lowest BCUT2D eigenvalue weighted by Crippen LogP contribution is -2.22. The summed E-state index contributed by atoms with van der Waals surface area (Å²) in [4.78, 5) is 1.43. The molecule has 1 rings (SSSR count). The Hall–Kier alpha value is -0.470. The van der Waals surface area contributed by atoms with Crippen molar-refractivity contribution in [1.82, 2.24) is 5.32 Å². The van der Waals surface area contributed by atoms with Gasteiger partial charge in [-0.2, -0.15) is 0 Å². The first-order chi connectivity index (χ1) is 10.3. The maximum atomic E-state index is 3.75. The molecular formula is C19H33NS. The van der Waals surface area contributed by atoms with E-state index in [-0.39, 0.29) is 0 Å². The molecular weight excluding hydrogens is 274 g/mol. The minimum atomic E-state index is 0.528. The Labute approximate surface area is 136 Å². The molecule has 0 fully saturated rings. The summed E-state index contributed by atoms with van der Waals surface area (Å²) in [7, 11) is 0. The molecule has 0 aromatic heterocycles. The summed E-state index contributed by atoms with van der Waals surface area (Å²) in [6.45, 7) is 5.64. The molecule has 21 heavy (non-hydrogen) atoms. The van der Waals surface area contributed by atoms with Gasteiger partial charge in [0.2, 0.25) is 0 Å². The molecule has 1 aromatic rings. The summed E-state index contributed by atoms with van der Waals surface area (Å²) in [5.74, 6) is 0. The normalized spacial score (nSPS) is 12.5. The summed E-state index contributed by atoms with van der Waals surface area (Å²) < 4.78 is 0. The van der Waals surface area contributed by atoms with Gasteiger partial charge in [-0.05, 0) is 37.3 Å². The number of hydrogen-bond donors (Lipinski definition) is 1. The smallest absolute Gasteiger partial charge is 0.0331 e. The van der Waals surface area contributed by atoms with Crippen molar-refractivity contribution in [3.05, 3.63) is 29.8 Å². The van der Waals surface area contributed by atoms with Gasteiger partial charge in [-0.1, -0.05) is 70.6 Å². The summed E-state index contributed by atoms with van der Waals surface area (Å²) in [5, 5.41) is 3.75. The van der Waals surface area contributed by atoms with Crippen LogP contribution in [-0.4, -0.2) is 12.8 Å². The molecule has 1 atom stereocenters. The van der Waals surface area contributed by atoms with Crippen molar-refractivity contribution in [3.8, 4) is 0 Å². The van der Waals surface area contributed by atoms with Crippen LogP contribution in [0.4, 0.5) is 0 Å². The third-order valence-electron chi connectivity index (χ3n) is 4.00. The SMILES string of the molecule is CCCCCCCCC(NCCC)c1ccccc1SC. The monoisotopic (exact) mass is 307 g/mol. The van der Waals surface area contributed by atoms with Crippen LogP contribution in [0.3, 0.4) is 0 Å². The molecule has 1 unspecified atom stereocenters. The van der Waals surface area contributed by atoms with Gasteiger partial charge < -0.3 is 5.32 Å². The van der Waals surface area contributed by atoms with Crippen LogP contribution in [-0.2, 0) is 0 Å². The van der Waals surface area contributed by atoms with E-state index in [4.69, 9.17) is 0 Å². The fourth-order valence-corrected chi connectivity index (χ4v) is 3.43. The van der Waals surface area contributed by atoms with Gasteiger partial charge in [0.25, 0.3) is 0 Å². The van der Waals surface area contributed by atoms with Crippen LogP contribution in [0, 0.1) is 0 Å². The van der Waals surface area contributed by atoms with Gasteiger partial charge in [0.05, 0.1) is 0 Å². The first kappa shape index (κ1) is 18.6. The number of thioether (sulfide) groups is 1. The standard InChI is InChI=1S/C19H33NS/c1-4-6-7-8-9-10-14-18(20-16-5-2)17-13-11-12-15-19(17)21-3/h11-13,15,18,20H,4-10,14,16H2,1-3H3. The lowest BCUT2D eigenvalue weighted by atomic mass is 9.99. The highest BCUT2D eigenvalue weighted by molar-refractivity contribution is 7.98. The second kappa shape index (κ2) is 12.1. The van der Waals surface area contributed by atoms with E-state index in [1.807, 2.05) is 11.8 Å². The van der Waals surface area contributed by atoms with E-state index in [2.05, 4.69) is 49.7 Å². The highest BCUT2D eigenvalue weighted by Crippen LogP contribution is 2.29. The minimum absolute atomic E-state index is 0.528. The second-order valence-corrected chi connectivity index (χ2v) is 6.65. The summed E-state index contributed by atoms with van der Waals surface area (Å²) >= 11 is 1.87. The quantitative estimate of drug-likeness (QED) is 0.364. The third-order valence-corrected chi connectivity index (χ3v) is 4.81. The molecule has 0 radical (unpaired) electrons. The van der Waals surface area contributed by atoms with Gasteiger partial charge in [0, 0.05) is 10.9 Å². The molecule has 0 amide bonds. The zero-order valence-corrected chi connectivity index (χ0v) is 15.0. The van der Waals surface area contributed by atoms with E-state index >= 15 is 0 Å². The zero-order chi connectivity index (χ0) is 15.3. The second-order valence-electron chi connectivity index (χ2n) is 5.81. The molecule has 0 heterocycles. The van der Waals surface area contributed by atoms with Gasteiger partial charge in [-0.25, -0.2) is 0 Å².